The van der Waals surface area contributed by atoms with Gasteiger partial charge in [0.05, 0.1) is 18.0 Å². The van der Waals surface area contributed by atoms with Crippen molar-refractivity contribution in [2.24, 2.45) is 5.92 Å². The second kappa shape index (κ2) is 9.28. The van der Waals surface area contributed by atoms with Crippen molar-refractivity contribution in [2.75, 3.05) is 11.0 Å². The van der Waals surface area contributed by atoms with Crippen molar-refractivity contribution in [1.29, 1.82) is 0 Å². The SMILES string of the molecule is CC(CC1CCCCC1)NC1c2ccc(NS(C)(=O)=O)cc2OC2(CCCCC2)C1O. The van der Waals surface area contributed by atoms with Crippen LogP contribution in [0.25, 0.3) is 0 Å². The molecule has 6 nitrogen and oxygen atoms in total. The molecule has 31 heavy (non-hydrogen) atoms. The number of aliphatic hydroxyl groups excluding tert-OH is 1. The van der Waals surface area contributed by atoms with E-state index in [1.54, 1.807) is 12.1 Å². The lowest BCUT2D eigenvalue weighted by molar-refractivity contribution is -0.108. The van der Waals surface area contributed by atoms with Crippen LogP contribution in [0.15, 0.2) is 18.2 Å². The molecule has 0 radical (unpaired) electrons. The monoisotopic (exact) mass is 450 g/mol. The van der Waals surface area contributed by atoms with E-state index >= 15 is 0 Å². The zero-order valence-corrected chi connectivity index (χ0v) is 19.7. The Kier molecular flexibility index (Phi) is 6.85. The average Bonchev–Trinajstić information content (AvgIpc) is 2.71. The fraction of sp³-hybridized carbons (Fsp3) is 0.750. The lowest BCUT2D eigenvalue weighted by atomic mass is 9.74. The summed E-state index contributed by atoms with van der Waals surface area (Å²) in [6, 6.07) is 5.51. The zero-order valence-electron chi connectivity index (χ0n) is 18.9. The third kappa shape index (κ3) is 5.37. The van der Waals surface area contributed by atoms with Gasteiger partial charge in [-0.1, -0.05) is 44.6 Å². The molecule has 1 spiro atoms. The van der Waals surface area contributed by atoms with Gasteiger partial charge in [-0.25, -0.2) is 8.42 Å². The third-order valence-corrected chi connectivity index (χ3v) is 8.00. The highest BCUT2D eigenvalue weighted by Crippen LogP contribution is 2.47. The predicted molar refractivity (Wildman–Crippen MR) is 124 cm³/mol. The number of anilines is 1. The molecule has 0 aromatic heterocycles. The molecule has 7 heteroatoms. The summed E-state index contributed by atoms with van der Waals surface area (Å²) in [7, 11) is -3.37. The first kappa shape index (κ1) is 22.9. The summed E-state index contributed by atoms with van der Waals surface area (Å²) in [6.45, 7) is 2.23. The van der Waals surface area contributed by atoms with Crippen molar-refractivity contribution in [3.8, 4) is 5.75 Å². The van der Waals surface area contributed by atoms with Crippen LogP contribution in [-0.4, -0.2) is 37.5 Å². The van der Waals surface area contributed by atoms with E-state index in [1.807, 2.05) is 6.07 Å². The Morgan fingerprint density at radius 2 is 1.81 bits per heavy atom. The highest BCUT2D eigenvalue weighted by Gasteiger charge is 2.50. The van der Waals surface area contributed by atoms with Gasteiger partial charge in [0.15, 0.2) is 0 Å². The Morgan fingerprint density at radius 1 is 1.13 bits per heavy atom. The molecule has 1 aromatic carbocycles. The Hall–Kier alpha value is -1.31. The van der Waals surface area contributed by atoms with E-state index in [-0.39, 0.29) is 6.04 Å². The molecular weight excluding hydrogens is 412 g/mol. The molecule has 3 N–H and O–H groups in total. The van der Waals surface area contributed by atoms with E-state index in [0.29, 0.717) is 17.5 Å². The number of benzene rings is 1. The fourth-order valence-electron chi connectivity index (χ4n) is 5.94. The van der Waals surface area contributed by atoms with Crippen molar-refractivity contribution >= 4 is 15.7 Å². The van der Waals surface area contributed by atoms with Crippen LogP contribution >= 0.6 is 0 Å². The average molecular weight is 451 g/mol. The molecule has 1 aromatic rings. The minimum absolute atomic E-state index is 0.215. The van der Waals surface area contributed by atoms with Crippen LogP contribution in [0.2, 0.25) is 0 Å². The smallest absolute Gasteiger partial charge is 0.229 e. The zero-order chi connectivity index (χ0) is 22.1. The van der Waals surface area contributed by atoms with Crippen molar-refractivity contribution < 1.29 is 18.3 Å². The highest BCUT2D eigenvalue weighted by atomic mass is 32.2. The normalized spacial score (nSPS) is 27.3. The number of nitrogens with one attached hydrogen (secondary N) is 2. The van der Waals surface area contributed by atoms with Gasteiger partial charge in [0.25, 0.3) is 0 Å². The number of hydrogen-bond donors (Lipinski definition) is 3. The lowest BCUT2D eigenvalue weighted by Gasteiger charge is -2.49. The largest absolute Gasteiger partial charge is 0.484 e. The van der Waals surface area contributed by atoms with Crippen LogP contribution in [-0.2, 0) is 10.0 Å². The van der Waals surface area contributed by atoms with Crippen molar-refractivity contribution in [2.45, 2.75) is 101 Å². The van der Waals surface area contributed by atoms with Gasteiger partial charge in [0, 0.05) is 17.7 Å². The van der Waals surface area contributed by atoms with Gasteiger partial charge in [0.1, 0.15) is 17.5 Å². The van der Waals surface area contributed by atoms with Crippen LogP contribution in [0.4, 0.5) is 5.69 Å². The van der Waals surface area contributed by atoms with E-state index in [9.17, 15) is 13.5 Å². The first-order valence-electron chi connectivity index (χ1n) is 12.0. The molecule has 4 rings (SSSR count). The number of aliphatic hydroxyl groups is 1. The summed E-state index contributed by atoms with van der Waals surface area (Å²) in [5, 5.41) is 15.2. The second-order valence-electron chi connectivity index (χ2n) is 10.1. The Bertz CT molecular complexity index is 860. The van der Waals surface area contributed by atoms with Gasteiger partial charge in [-0.05, 0) is 51.0 Å². The number of sulfonamides is 1. The maximum Gasteiger partial charge on any atom is 0.229 e. The molecule has 1 aliphatic heterocycles. The Labute approximate surface area is 187 Å². The predicted octanol–water partition coefficient (Wildman–Crippen LogP) is 4.50. The maximum atomic E-state index is 11.7. The Balaban J connectivity index is 1.59. The number of rotatable bonds is 6. The quantitative estimate of drug-likeness (QED) is 0.594. The molecule has 2 saturated carbocycles. The summed E-state index contributed by atoms with van der Waals surface area (Å²) in [4.78, 5) is 0. The highest BCUT2D eigenvalue weighted by molar-refractivity contribution is 7.92. The molecule has 0 amide bonds. The molecule has 3 unspecified atom stereocenters. The molecule has 2 aliphatic carbocycles. The number of ether oxygens (including phenoxy) is 1. The Morgan fingerprint density at radius 3 is 2.48 bits per heavy atom. The van der Waals surface area contributed by atoms with Gasteiger partial charge in [0.2, 0.25) is 10.0 Å². The maximum absolute atomic E-state index is 11.7. The van der Waals surface area contributed by atoms with Gasteiger partial charge in [-0.15, -0.1) is 0 Å². The minimum Gasteiger partial charge on any atom is -0.484 e. The number of fused-ring (bicyclic) bond motifs is 1. The summed E-state index contributed by atoms with van der Waals surface area (Å²) in [5.74, 6) is 1.45. The molecule has 0 bridgehead atoms. The van der Waals surface area contributed by atoms with E-state index in [2.05, 4.69) is 17.0 Å². The standard InChI is InChI=1S/C24H38N2O4S/c1-17(15-18-9-5-3-6-10-18)25-22-20-12-11-19(26-31(2,28)29)16-21(20)30-24(23(22)27)13-7-4-8-14-24/h11-12,16-18,22-23,25-27H,3-10,13-15H2,1-2H3. The van der Waals surface area contributed by atoms with Gasteiger partial charge in [-0.3, -0.25) is 4.72 Å². The third-order valence-electron chi connectivity index (χ3n) is 7.40. The summed E-state index contributed by atoms with van der Waals surface area (Å²) < 4.78 is 32.4. The first-order valence-corrected chi connectivity index (χ1v) is 13.9. The van der Waals surface area contributed by atoms with E-state index in [1.165, 1.54) is 32.1 Å². The number of hydrogen-bond acceptors (Lipinski definition) is 5. The van der Waals surface area contributed by atoms with Crippen LogP contribution in [0.3, 0.4) is 0 Å². The van der Waals surface area contributed by atoms with E-state index in [4.69, 9.17) is 4.74 Å². The molecule has 3 atom stereocenters. The molecule has 0 saturated heterocycles. The van der Waals surface area contributed by atoms with Crippen LogP contribution in [0.1, 0.15) is 89.2 Å². The van der Waals surface area contributed by atoms with Crippen LogP contribution < -0.4 is 14.8 Å². The van der Waals surface area contributed by atoms with Gasteiger partial charge < -0.3 is 15.2 Å². The van der Waals surface area contributed by atoms with Crippen LogP contribution in [0.5, 0.6) is 5.75 Å². The van der Waals surface area contributed by atoms with Crippen molar-refractivity contribution in [3.63, 3.8) is 0 Å². The van der Waals surface area contributed by atoms with E-state index < -0.39 is 21.7 Å². The lowest BCUT2D eigenvalue weighted by Crippen LogP contribution is -2.58. The summed E-state index contributed by atoms with van der Waals surface area (Å²) >= 11 is 0. The summed E-state index contributed by atoms with van der Waals surface area (Å²) in [5.41, 5.74) is 0.813. The molecule has 2 fully saturated rings. The topological polar surface area (TPSA) is 87.7 Å². The summed E-state index contributed by atoms with van der Waals surface area (Å²) in [6.07, 6.45) is 13.2. The van der Waals surface area contributed by atoms with E-state index in [0.717, 1.165) is 56.3 Å². The van der Waals surface area contributed by atoms with Gasteiger partial charge in [-0.2, -0.15) is 0 Å². The van der Waals surface area contributed by atoms with Gasteiger partial charge >= 0.3 is 0 Å². The molecule has 174 valence electrons. The molecule has 1 heterocycles. The second-order valence-corrected chi connectivity index (χ2v) is 11.8. The van der Waals surface area contributed by atoms with Crippen LogP contribution in [0, 0.1) is 5.92 Å². The minimum atomic E-state index is -3.37. The molecular formula is C24H38N2O4S. The first-order chi connectivity index (χ1) is 14.8. The molecule has 3 aliphatic rings. The fourth-order valence-corrected chi connectivity index (χ4v) is 6.49. The van der Waals surface area contributed by atoms with Crippen molar-refractivity contribution in [1.82, 2.24) is 5.32 Å². The van der Waals surface area contributed by atoms with Crippen molar-refractivity contribution in [3.05, 3.63) is 23.8 Å².